The number of ether oxygens (including phenoxy) is 2. The van der Waals surface area contributed by atoms with Crippen molar-refractivity contribution >= 4 is 0 Å². The Morgan fingerprint density at radius 3 is 2.11 bits per heavy atom. The molecule has 1 rings (SSSR count). The summed E-state index contributed by atoms with van der Waals surface area (Å²) in [5, 5.41) is 10.3. The maximum atomic E-state index is 10.3. The summed E-state index contributed by atoms with van der Waals surface area (Å²) in [6.07, 6.45) is -0.769. The van der Waals surface area contributed by atoms with E-state index in [4.69, 9.17) is 15.2 Å². The monoisotopic (exact) mass is 253 g/mol. The van der Waals surface area contributed by atoms with Gasteiger partial charge in [-0.1, -0.05) is 13.8 Å². The van der Waals surface area contributed by atoms with Gasteiger partial charge in [0, 0.05) is 11.6 Å². The molecule has 0 spiro atoms. The molecular formula is C14H23NO3. The molecule has 0 amide bonds. The average Bonchev–Trinajstić information content (AvgIpc) is 2.36. The van der Waals surface area contributed by atoms with Gasteiger partial charge in [-0.05, 0) is 30.5 Å². The van der Waals surface area contributed by atoms with Crippen LogP contribution in [0, 0.1) is 12.8 Å². The number of aliphatic hydroxyl groups is 1. The van der Waals surface area contributed by atoms with Gasteiger partial charge in [-0.3, -0.25) is 0 Å². The lowest BCUT2D eigenvalue weighted by Crippen LogP contribution is -2.33. The molecule has 1 aromatic rings. The van der Waals surface area contributed by atoms with E-state index in [1.807, 2.05) is 26.8 Å². The minimum absolute atomic E-state index is 0.178. The highest BCUT2D eigenvalue weighted by atomic mass is 16.5. The summed E-state index contributed by atoms with van der Waals surface area (Å²) in [4.78, 5) is 0. The minimum Gasteiger partial charge on any atom is -0.496 e. The quantitative estimate of drug-likeness (QED) is 0.842. The molecule has 0 aliphatic carbocycles. The first-order valence-electron chi connectivity index (χ1n) is 6.08. The highest BCUT2D eigenvalue weighted by molar-refractivity contribution is 5.47. The van der Waals surface area contributed by atoms with Gasteiger partial charge in [-0.25, -0.2) is 0 Å². The lowest BCUT2D eigenvalue weighted by molar-refractivity contribution is 0.122. The van der Waals surface area contributed by atoms with E-state index in [9.17, 15) is 5.11 Å². The Balaban J connectivity index is 3.21. The van der Waals surface area contributed by atoms with E-state index < -0.39 is 6.10 Å². The van der Waals surface area contributed by atoms with Gasteiger partial charge < -0.3 is 20.3 Å². The third kappa shape index (κ3) is 2.94. The third-order valence-corrected chi connectivity index (χ3v) is 3.20. The van der Waals surface area contributed by atoms with Gasteiger partial charge in [0.2, 0.25) is 0 Å². The highest BCUT2D eigenvalue weighted by Crippen LogP contribution is 2.34. The van der Waals surface area contributed by atoms with Crippen LogP contribution in [0.25, 0.3) is 0 Å². The average molecular weight is 253 g/mol. The van der Waals surface area contributed by atoms with Crippen molar-refractivity contribution in [2.24, 2.45) is 11.7 Å². The fraction of sp³-hybridized carbons (Fsp3) is 0.571. The summed E-state index contributed by atoms with van der Waals surface area (Å²) in [6, 6.07) is 3.30. The van der Waals surface area contributed by atoms with E-state index in [0.29, 0.717) is 11.3 Å². The molecule has 18 heavy (non-hydrogen) atoms. The predicted octanol–water partition coefficient (Wildman–Crippen LogP) is 2.03. The topological polar surface area (TPSA) is 64.7 Å². The molecule has 0 saturated heterocycles. The van der Waals surface area contributed by atoms with Gasteiger partial charge >= 0.3 is 0 Å². The molecule has 0 aliphatic rings. The van der Waals surface area contributed by atoms with Crippen LogP contribution < -0.4 is 15.2 Å². The summed E-state index contributed by atoms with van der Waals surface area (Å²) in [7, 11) is 3.19. The van der Waals surface area contributed by atoms with Crippen LogP contribution in [0.2, 0.25) is 0 Å². The van der Waals surface area contributed by atoms with Crippen LogP contribution in [0.5, 0.6) is 11.5 Å². The zero-order chi connectivity index (χ0) is 13.9. The molecule has 0 aliphatic heterocycles. The summed E-state index contributed by atoms with van der Waals surface area (Å²) in [5.41, 5.74) is 7.63. The first-order chi connectivity index (χ1) is 8.42. The molecule has 0 radical (unpaired) electrons. The van der Waals surface area contributed by atoms with E-state index in [1.165, 1.54) is 0 Å². The second kappa shape index (κ2) is 6.07. The summed E-state index contributed by atoms with van der Waals surface area (Å²) in [6.45, 7) is 5.89. The van der Waals surface area contributed by atoms with Gasteiger partial charge in [0.25, 0.3) is 0 Å². The molecule has 4 heteroatoms. The van der Waals surface area contributed by atoms with E-state index in [2.05, 4.69) is 0 Å². The summed E-state index contributed by atoms with van der Waals surface area (Å²) < 4.78 is 10.6. The Bertz CT molecular complexity index is 404. The maximum Gasteiger partial charge on any atom is 0.125 e. The Morgan fingerprint density at radius 2 is 1.67 bits per heavy atom. The van der Waals surface area contributed by atoms with Crippen molar-refractivity contribution in [3.63, 3.8) is 0 Å². The van der Waals surface area contributed by atoms with Gasteiger partial charge in [0.05, 0.1) is 20.3 Å². The van der Waals surface area contributed by atoms with Crippen molar-refractivity contribution < 1.29 is 14.6 Å². The lowest BCUT2D eigenvalue weighted by atomic mass is 9.93. The van der Waals surface area contributed by atoms with Crippen molar-refractivity contribution in [3.05, 3.63) is 23.3 Å². The second-order valence-electron chi connectivity index (χ2n) is 4.83. The van der Waals surface area contributed by atoms with Crippen molar-refractivity contribution in [3.8, 4) is 11.5 Å². The zero-order valence-corrected chi connectivity index (χ0v) is 11.7. The largest absolute Gasteiger partial charge is 0.496 e. The van der Waals surface area contributed by atoms with Crippen molar-refractivity contribution in [2.75, 3.05) is 14.2 Å². The number of nitrogens with two attached hydrogens (primary N) is 1. The van der Waals surface area contributed by atoms with Crippen LogP contribution in [0.1, 0.15) is 31.1 Å². The summed E-state index contributed by atoms with van der Waals surface area (Å²) in [5.74, 6) is 1.54. The van der Waals surface area contributed by atoms with Gasteiger partial charge in [0.15, 0.2) is 0 Å². The molecule has 0 bridgehead atoms. The maximum absolute atomic E-state index is 10.3. The lowest BCUT2D eigenvalue weighted by Gasteiger charge is -2.24. The number of benzene rings is 1. The number of aryl methyl sites for hydroxylation is 1. The fourth-order valence-corrected chi connectivity index (χ4v) is 1.88. The van der Waals surface area contributed by atoms with Crippen LogP contribution >= 0.6 is 0 Å². The van der Waals surface area contributed by atoms with Gasteiger partial charge in [0.1, 0.15) is 11.5 Å². The highest BCUT2D eigenvalue weighted by Gasteiger charge is 2.24. The summed E-state index contributed by atoms with van der Waals surface area (Å²) >= 11 is 0. The Labute approximate surface area is 109 Å². The number of rotatable bonds is 5. The van der Waals surface area contributed by atoms with Crippen molar-refractivity contribution in [2.45, 2.75) is 32.9 Å². The minimum atomic E-state index is -0.769. The van der Waals surface area contributed by atoms with E-state index in [-0.39, 0.29) is 12.0 Å². The standard InChI is InChI=1S/C14H23NO3/c1-8(2)13(15)14(16)10-7-11(17-4)9(3)6-12(10)18-5/h6-8,13-14,16H,15H2,1-5H3. The van der Waals surface area contributed by atoms with Crippen LogP contribution in [-0.4, -0.2) is 25.4 Å². The molecule has 0 fully saturated rings. The molecule has 102 valence electrons. The van der Waals surface area contributed by atoms with Crippen LogP contribution in [0.15, 0.2) is 12.1 Å². The molecule has 0 heterocycles. The number of hydrogen-bond donors (Lipinski definition) is 2. The van der Waals surface area contributed by atoms with Crippen LogP contribution in [-0.2, 0) is 0 Å². The fourth-order valence-electron chi connectivity index (χ4n) is 1.88. The number of aliphatic hydroxyl groups excluding tert-OH is 1. The van der Waals surface area contributed by atoms with Crippen LogP contribution in [0.4, 0.5) is 0 Å². The Hall–Kier alpha value is -1.26. The number of methoxy groups -OCH3 is 2. The first-order valence-corrected chi connectivity index (χ1v) is 6.08. The van der Waals surface area contributed by atoms with E-state index in [0.717, 1.165) is 11.3 Å². The number of hydrogen-bond acceptors (Lipinski definition) is 4. The second-order valence-corrected chi connectivity index (χ2v) is 4.83. The Morgan fingerprint density at radius 1 is 1.11 bits per heavy atom. The SMILES string of the molecule is COc1cc(C(O)C(N)C(C)C)c(OC)cc1C. The molecule has 2 atom stereocenters. The molecule has 0 saturated carbocycles. The molecule has 4 nitrogen and oxygen atoms in total. The van der Waals surface area contributed by atoms with Gasteiger partial charge in [-0.15, -0.1) is 0 Å². The first kappa shape index (κ1) is 14.8. The molecule has 2 unspecified atom stereocenters. The molecule has 3 N–H and O–H groups in total. The molecular weight excluding hydrogens is 230 g/mol. The van der Waals surface area contributed by atoms with E-state index >= 15 is 0 Å². The Kier molecular flexibility index (Phi) is 4.99. The normalized spacial score (nSPS) is 14.4. The smallest absolute Gasteiger partial charge is 0.125 e. The van der Waals surface area contributed by atoms with Gasteiger partial charge in [-0.2, -0.15) is 0 Å². The van der Waals surface area contributed by atoms with E-state index in [1.54, 1.807) is 20.3 Å². The van der Waals surface area contributed by atoms with Crippen molar-refractivity contribution in [1.29, 1.82) is 0 Å². The predicted molar refractivity (Wildman–Crippen MR) is 72.1 cm³/mol. The molecule has 1 aromatic carbocycles. The van der Waals surface area contributed by atoms with Crippen molar-refractivity contribution in [1.82, 2.24) is 0 Å². The zero-order valence-electron chi connectivity index (χ0n) is 11.7. The van der Waals surface area contributed by atoms with Crippen LogP contribution in [0.3, 0.4) is 0 Å². The third-order valence-electron chi connectivity index (χ3n) is 3.20. The molecule has 0 aromatic heterocycles.